The van der Waals surface area contributed by atoms with Crippen LogP contribution in [0.4, 0.5) is 5.69 Å². The Hall–Kier alpha value is -2.20. The third-order valence-corrected chi connectivity index (χ3v) is 7.84. The van der Waals surface area contributed by atoms with Crippen LogP contribution in [-0.2, 0) is 18.3 Å². The Morgan fingerprint density at radius 3 is 2.72 bits per heavy atom. The maximum absolute atomic E-state index is 6.94. The molecule has 0 N–H and O–H groups in total. The normalized spacial score (nSPS) is 23.8. The Balaban J connectivity index is 1.58. The van der Waals surface area contributed by atoms with Gasteiger partial charge in [0.2, 0.25) is 5.72 Å². The van der Waals surface area contributed by atoms with E-state index in [0.29, 0.717) is 0 Å². The lowest BCUT2D eigenvalue weighted by Crippen LogP contribution is -2.58. The van der Waals surface area contributed by atoms with Crippen molar-refractivity contribution in [1.29, 1.82) is 0 Å². The van der Waals surface area contributed by atoms with Crippen molar-refractivity contribution in [3.8, 4) is 5.75 Å². The molecule has 2 aromatic carbocycles. The second kappa shape index (κ2) is 5.69. The Bertz CT molecular complexity index is 1210. The van der Waals surface area contributed by atoms with Crippen molar-refractivity contribution in [3.63, 3.8) is 0 Å². The van der Waals surface area contributed by atoms with Crippen molar-refractivity contribution in [2.45, 2.75) is 50.7 Å². The fourth-order valence-electron chi connectivity index (χ4n) is 5.66. The van der Waals surface area contributed by atoms with Crippen molar-refractivity contribution < 1.29 is 9.15 Å². The summed E-state index contributed by atoms with van der Waals surface area (Å²) in [5.41, 5.74) is 5.26. The molecule has 1 spiro atoms. The van der Waals surface area contributed by atoms with Gasteiger partial charge in [-0.15, -0.1) is 0 Å². The van der Waals surface area contributed by atoms with E-state index in [1.54, 1.807) is 0 Å². The summed E-state index contributed by atoms with van der Waals surface area (Å²) in [6.07, 6.45) is 9.08. The first kappa shape index (κ1) is 17.6. The fraction of sp³-hybridized carbons (Fsp3) is 0.360. The van der Waals surface area contributed by atoms with Gasteiger partial charge < -0.3 is 14.1 Å². The SMILES string of the molecule is CN1c2ccccc2C(C)(C)C12C=Cc1c(c(Br)cc3oc4c(c13)CCCC4)O2. The number of halogens is 1. The number of anilines is 1. The van der Waals surface area contributed by atoms with Gasteiger partial charge >= 0.3 is 0 Å². The van der Waals surface area contributed by atoms with Gasteiger partial charge in [-0.05, 0) is 78.9 Å². The van der Waals surface area contributed by atoms with E-state index in [1.807, 2.05) is 0 Å². The minimum Gasteiger partial charge on any atom is -0.462 e. The standard InChI is InChI=1S/C25H24BrNO2/c1-24(2)17-9-5-6-10-19(17)27(3)25(24)13-12-16-22-15-8-4-7-11-20(15)28-21(22)14-18(26)23(16)29-25/h5-6,9-10,12-14H,4,7-8,11H2,1-3H3. The number of benzene rings is 2. The highest BCUT2D eigenvalue weighted by atomic mass is 79.9. The highest BCUT2D eigenvalue weighted by molar-refractivity contribution is 9.10. The molecule has 0 saturated carbocycles. The summed E-state index contributed by atoms with van der Waals surface area (Å²) in [6, 6.07) is 10.7. The quantitative estimate of drug-likeness (QED) is 0.386. The molecule has 4 heteroatoms. The molecule has 1 unspecified atom stereocenters. The monoisotopic (exact) mass is 449 g/mol. The largest absolute Gasteiger partial charge is 0.462 e. The van der Waals surface area contributed by atoms with Crippen LogP contribution in [0.15, 0.2) is 45.3 Å². The zero-order valence-corrected chi connectivity index (χ0v) is 18.6. The van der Waals surface area contributed by atoms with E-state index in [-0.39, 0.29) is 5.41 Å². The summed E-state index contributed by atoms with van der Waals surface area (Å²) in [5, 5.41) is 1.24. The number of furan rings is 1. The lowest BCUT2D eigenvalue weighted by molar-refractivity contribution is 0.0575. The molecule has 2 aliphatic heterocycles. The number of hydrogen-bond acceptors (Lipinski definition) is 3. The topological polar surface area (TPSA) is 25.6 Å². The number of aryl methyl sites for hydroxylation is 2. The average Bonchev–Trinajstić information content (AvgIpc) is 3.17. The predicted molar refractivity (Wildman–Crippen MR) is 121 cm³/mol. The van der Waals surface area contributed by atoms with E-state index in [0.717, 1.165) is 40.0 Å². The van der Waals surface area contributed by atoms with Crippen molar-refractivity contribution >= 4 is 38.7 Å². The summed E-state index contributed by atoms with van der Waals surface area (Å²) >= 11 is 3.78. The number of likely N-dealkylation sites (N-methyl/N-ethyl adjacent to an activating group) is 1. The second-order valence-corrected chi connectivity index (χ2v) is 9.87. The number of rotatable bonds is 0. The Labute approximate surface area is 179 Å². The van der Waals surface area contributed by atoms with E-state index in [1.165, 1.54) is 35.0 Å². The molecule has 1 aliphatic carbocycles. The highest BCUT2D eigenvalue weighted by Crippen LogP contribution is 2.56. The van der Waals surface area contributed by atoms with Crippen LogP contribution >= 0.6 is 15.9 Å². The first-order chi connectivity index (χ1) is 13.9. The van der Waals surface area contributed by atoms with Crippen molar-refractivity contribution in [3.05, 3.63) is 63.3 Å². The fourth-order valence-corrected chi connectivity index (χ4v) is 6.16. The van der Waals surface area contributed by atoms with Gasteiger partial charge in [-0.25, -0.2) is 0 Å². The Morgan fingerprint density at radius 1 is 1.10 bits per heavy atom. The van der Waals surface area contributed by atoms with Crippen molar-refractivity contribution in [2.75, 3.05) is 11.9 Å². The van der Waals surface area contributed by atoms with Crippen LogP contribution in [0, 0.1) is 0 Å². The maximum atomic E-state index is 6.94. The molecule has 29 heavy (non-hydrogen) atoms. The molecule has 3 aliphatic rings. The number of ether oxygens (including phenoxy) is 1. The molecule has 148 valence electrons. The van der Waals surface area contributed by atoms with E-state index >= 15 is 0 Å². The van der Waals surface area contributed by atoms with Crippen LogP contribution in [-0.4, -0.2) is 12.8 Å². The first-order valence-corrected chi connectivity index (χ1v) is 11.2. The van der Waals surface area contributed by atoms with E-state index in [2.05, 4.69) is 84.2 Å². The van der Waals surface area contributed by atoms with Crippen LogP contribution in [0.25, 0.3) is 17.0 Å². The van der Waals surface area contributed by atoms with E-state index in [4.69, 9.17) is 9.15 Å². The minimum atomic E-state index is -0.566. The summed E-state index contributed by atoms with van der Waals surface area (Å²) in [4.78, 5) is 2.28. The van der Waals surface area contributed by atoms with Crippen LogP contribution in [0.1, 0.15) is 49.1 Å². The van der Waals surface area contributed by atoms with Gasteiger partial charge in [-0.3, -0.25) is 0 Å². The lowest BCUT2D eigenvalue weighted by Gasteiger charge is -2.46. The number of para-hydroxylation sites is 1. The second-order valence-electron chi connectivity index (χ2n) is 9.02. The predicted octanol–water partition coefficient (Wildman–Crippen LogP) is 6.60. The molecule has 1 atom stereocenters. The van der Waals surface area contributed by atoms with Crippen LogP contribution < -0.4 is 9.64 Å². The molecule has 1 aromatic heterocycles. The molecule has 0 fully saturated rings. The van der Waals surface area contributed by atoms with Crippen molar-refractivity contribution in [1.82, 2.24) is 0 Å². The maximum Gasteiger partial charge on any atom is 0.211 e. The minimum absolute atomic E-state index is 0.198. The molecule has 0 saturated heterocycles. The Morgan fingerprint density at radius 2 is 1.90 bits per heavy atom. The smallest absolute Gasteiger partial charge is 0.211 e. The summed E-state index contributed by atoms with van der Waals surface area (Å²) in [6.45, 7) is 4.55. The molecule has 3 aromatic rings. The first-order valence-electron chi connectivity index (χ1n) is 10.4. The third kappa shape index (κ3) is 2.08. The molecular weight excluding hydrogens is 426 g/mol. The molecule has 0 bridgehead atoms. The van der Waals surface area contributed by atoms with Crippen LogP contribution in [0.3, 0.4) is 0 Å². The number of fused-ring (bicyclic) bond motifs is 6. The van der Waals surface area contributed by atoms with Gasteiger partial charge in [-0.2, -0.15) is 0 Å². The summed E-state index contributed by atoms with van der Waals surface area (Å²) < 4.78 is 14.1. The zero-order valence-electron chi connectivity index (χ0n) is 17.0. The molecule has 0 amide bonds. The molecule has 0 radical (unpaired) electrons. The highest BCUT2D eigenvalue weighted by Gasteiger charge is 2.57. The van der Waals surface area contributed by atoms with Crippen LogP contribution in [0.2, 0.25) is 0 Å². The molecule has 3 nitrogen and oxygen atoms in total. The molecule has 6 rings (SSSR count). The van der Waals surface area contributed by atoms with Gasteiger partial charge in [0, 0.05) is 35.7 Å². The van der Waals surface area contributed by atoms with Crippen molar-refractivity contribution in [2.24, 2.45) is 0 Å². The summed E-state index contributed by atoms with van der Waals surface area (Å²) in [5.74, 6) is 2.08. The van der Waals surface area contributed by atoms with Gasteiger partial charge in [0.25, 0.3) is 0 Å². The van der Waals surface area contributed by atoms with Gasteiger partial charge in [0.05, 0.1) is 9.89 Å². The van der Waals surface area contributed by atoms with E-state index in [9.17, 15) is 0 Å². The molecule has 3 heterocycles. The molecular formula is C25H24BrNO2. The van der Waals surface area contributed by atoms with Gasteiger partial charge in [0.1, 0.15) is 17.1 Å². The van der Waals surface area contributed by atoms with E-state index < -0.39 is 5.72 Å². The lowest BCUT2D eigenvalue weighted by atomic mass is 9.76. The summed E-state index contributed by atoms with van der Waals surface area (Å²) in [7, 11) is 2.13. The van der Waals surface area contributed by atoms with Gasteiger partial charge in [-0.1, -0.05) is 18.2 Å². The number of nitrogens with zero attached hydrogens (tertiary/aromatic N) is 1. The third-order valence-electron chi connectivity index (χ3n) is 7.25. The van der Waals surface area contributed by atoms with Gasteiger partial charge in [0.15, 0.2) is 0 Å². The zero-order chi connectivity index (χ0) is 20.0. The Kier molecular flexibility index (Phi) is 3.46. The van der Waals surface area contributed by atoms with Crippen LogP contribution in [0.5, 0.6) is 5.75 Å². The average molecular weight is 450 g/mol. The number of hydrogen-bond donors (Lipinski definition) is 0.